The van der Waals surface area contributed by atoms with E-state index in [-0.39, 0.29) is 5.57 Å². The van der Waals surface area contributed by atoms with Crippen molar-refractivity contribution in [2.24, 2.45) is 0 Å². The van der Waals surface area contributed by atoms with Crippen molar-refractivity contribution in [2.75, 3.05) is 13.2 Å². The first-order valence-electron chi connectivity index (χ1n) is 7.65. The fourth-order valence-electron chi connectivity index (χ4n) is 1.59. The van der Waals surface area contributed by atoms with Crippen LogP contribution in [0.15, 0.2) is 12.2 Å². The molecule has 0 aromatic rings. The largest absolute Gasteiger partial charge is 0.404 e. The lowest BCUT2D eigenvalue weighted by molar-refractivity contribution is -0.364. The lowest BCUT2D eigenvalue weighted by atomic mass is 10.2. The van der Waals surface area contributed by atoms with Crippen LogP contribution in [0.25, 0.3) is 0 Å². The molecule has 0 aromatic heterocycles. The third-order valence-corrected chi connectivity index (χ3v) is 2.83. The van der Waals surface area contributed by atoms with Crippen molar-refractivity contribution in [3.63, 3.8) is 0 Å². The van der Waals surface area contributed by atoms with Gasteiger partial charge in [0.2, 0.25) is 0 Å². The SMILES string of the molecule is C=C(C#N)C(=O)OC(CCC)(OCCCC)OCCCC. The molecule has 0 heterocycles. The van der Waals surface area contributed by atoms with Gasteiger partial charge in [0.15, 0.2) is 0 Å². The molecule has 0 aliphatic carbocycles. The Morgan fingerprint density at radius 3 is 2.00 bits per heavy atom. The zero-order valence-corrected chi connectivity index (χ0v) is 13.4. The number of ether oxygens (including phenoxy) is 3. The van der Waals surface area contributed by atoms with E-state index in [1.54, 1.807) is 6.07 Å². The average molecular weight is 297 g/mol. The molecule has 0 saturated heterocycles. The summed E-state index contributed by atoms with van der Waals surface area (Å²) < 4.78 is 16.7. The molecule has 0 bridgehead atoms. The van der Waals surface area contributed by atoms with Crippen LogP contribution in [0, 0.1) is 11.3 Å². The molecule has 0 fully saturated rings. The van der Waals surface area contributed by atoms with Crippen LogP contribution in [0.5, 0.6) is 0 Å². The molecule has 0 amide bonds. The summed E-state index contributed by atoms with van der Waals surface area (Å²) in [4.78, 5) is 11.8. The van der Waals surface area contributed by atoms with Crippen molar-refractivity contribution in [1.82, 2.24) is 0 Å². The molecule has 0 radical (unpaired) electrons. The third-order valence-electron chi connectivity index (χ3n) is 2.83. The van der Waals surface area contributed by atoms with E-state index >= 15 is 0 Å². The lowest BCUT2D eigenvalue weighted by Gasteiger charge is -2.32. The molecule has 21 heavy (non-hydrogen) atoms. The van der Waals surface area contributed by atoms with Crippen LogP contribution >= 0.6 is 0 Å². The minimum Gasteiger partial charge on any atom is -0.404 e. The standard InChI is InChI=1S/C16H27NO4/c1-5-8-11-19-16(10-7-3,20-12-9-6-2)21-15(18)14(4)13-17/h4-12H2,1-3H3. The Bertz CT molecular complexity index is 350. The number of nitriles is 1. The predicted octanol–water partition coefficient (Wildman–Crippen LogP) is 3.70. The minimum atomic E-state index is -1.41. The van der Waals surface area contributed by atoms with Crippen molar-refractivity contribution >= 4 is 5.97 Å². The summed E-state index contributed by atoms with van der Waals surface area (Å²) in [5, 5.41) is 8.73. The molecule has 0 aliphatic heterocycles. The summed E-state index contributed by atoms with van der Waals surface area (Å²) in [6, 6.07) is 1.68. The Morgan fingerprint density at radius 2 is 1.62 bits per heavy atom. The van der Waals surface area contributed by atoms with Crippen molar-refractivity contribution in [1.29, 1.82) is 5.26 Å². The summed E-state index contributed by atoms with van der Waals surface area (Å²) >= 11 is 0. The van der Waals surface area contributed by atoms with E-state index in [0.717, 1.165) is 32.1 Å². The van der Waals surface area contributed by atoms with Crippen LogP contribution in [-0.4, -0.2) is 25.2 Å². The van der Waals surface area contributed by atoms with Crippen molar-refractivity contribution < 1.29 is 19.0 Å². The van der Waals surface area contributed by atoms with E-state index < -0.39 is 11.9 Å². The van der Waals surface area contributed by atoms with Crippen LogP contribution in [0.2, 0.25) is 0 Å². The van der Waals surface area contributed by atoms with Crippen LogP contribution < -0.4 is 0 Å². The molecule has 5 nitrogen and oxygen atoms in total. The first kappa shape index (κ1) is 19.6. The first-order valence-corrected chi connectivity index (χ1v) is 7.65. The molecular weight excluding hydrogens is 270 g/mol. The van der Waals surface area contributed by atoms with Gasteiger partial charge in [0, 0.05) is 6.42 Å². The van der Waals surface area contributed by atoms with Gasteiger partial charge in [-0.1, -0.05) is 40.2 Å². The lowest BCUT2D eigenvalue weighted by Crippen LogP contribution is -2.42. The van der Waals surface area contributed by atoms with Gasteiger partial charge in [-0.3, -0.25) is 0 Å². The predicted molar refractivity (Wildman–Crippen MR) is 80.2 cm³/mol. The first-order chi connectivity index (χ1) is 10.0. The van der Waals surface area contributed by atoms with Crippen LogP contribution in [0.1, 0.15) is 59.3 Å². The molecule has 5 heteroatoms. The van der Waals surface area contributed by atoms with Gasteiger partial charge in [-0.15, -0.1) is 0 Å². The second kappa shape index (κ2) is 11.3. The zero-order valence-electron chi connectivity index (χ0n) is 13.4. The molecule has 0 aromatic carbocycles. The van der Waals surface area contributed by atoms with Crippen LogP contribution in [0.4, 0.5) is 0 Å². The third kappa shape index (κ3) is 7.84. The maximum atomic E-state index is 11.8. The summed E-state index contributed by atoms with van der Waals surface area (Å²) in [5.41, 5.74) is -0.256. The Balaban J connectivity index is 4.91. The molecular formula is C16H27NO4. The number of hydrogen-bond donors (Lipinski definition) is 0. The van der Waals surface area contributed by atoms with Crippen LogP contribution in [0.3, 0.4) is 0 Å². The normalized spacial score (nSPS) is 11.0. The zero-order chi connectivity index (χ0) is 16.1. The number of nitrogens with zero attached hydrogens (tertiary/aromatic N) is 1. The highest BCUT2D eigenvalue weighted by atomic mass is 16.9. The van der Waals surface area contributed by atoms with E-state index in [9.17, 15) is 4.79 Å². The highest BCUT2D eigenvalue weighted by molar-refractivity contribution is 5.92. The van der Waals surface area contributed by atoms with Gasteiger partial charge in [-0.25, -0.2) is 4.79 Å². The number of unbranched alkanes of at least 4 members (excludes halogenated alkanes) is 2. The summed E-state index contributed by atoms with van der Waals surface area (Å²) in [6.45, 7) is 10.3. The van der Waals surface area contributed by atoms with E-state index in [1.165, 1.54) is 0 Å². The number of hydrogen-bond acceptors (Lipinski definition) is 5. The average Bonchev–Trinajstić information content (AvgIpc) is 2.47. The molecule has 0 spiro atoms. The van der Waals surface area contributed by atoms with Crippen molar-refractivity contribution in [2.45, 2.75) is 65.3 Å². The van der Waals surface area contributed by atoms with Gasteiger partial charge >= 0.3 is 11.9 Å². The second-order valence-corrected chi connectivity index (χ2v) is 4.82. The van der Waals surface area contributed by atoms with Crippen molar-refractivity contribution in [3.05, 3.63) is 12.2 Å². The molecule has 0 atom stereocenters. The topological polar surface area (TPSA) is 68.6 Å². The Kier molecular flexibility index (Phi) is 10.6. The maximum absolute atomic E-state index is 11.8. The van der Waals surface area contributed by atoms with Gasteiger partial charge in [0.1, 0.15) is 11.6 Å². The smallest absolute Gasteiger partial charge is 0.352 e. The van der Waals surface area contributed by atoms with Gasteiger partial charge in [0.05, 0.1) is 13.2 Å². The Hall–Kier alpha value is -1.38. The van der Waals surface area contributed by atoms with Gasteiger partial charge in [-0.2, -0.15) is 5.26 Å². The van der Waals surface area contributed by atoms with E-state index in [1.807, 2.05) is 20.8 Å². The highest BCUT2D eigenvalue weighted by Gasteiger charge is 2.36. The van der Waals surface area contributed by atoms with E-state index in [4.69, 9.17) is 19.5 Å². The summed E-state index contributed by atoms with van der Waals surface area (Å²) in [7, 11) is 0. The highest BCUT2D eigenvalue weighted by Crippen LogP contribution is 2.24. The maximum Gasteiger partial charge on any atom is 0.352 e. The molecule has 120 valence electrons. The van der Waals surface area contributed by atoms with Gasteiger partial charge in [-0.05, 0) is 19.3 Å². The van der Waals surface area contributed by atoms with Gasteiger partial charge in [0.25, 0.3) is 0 Å². The quantitative estimate of drug-likeness (QED) is 0.181. The Labute approximate surface area is 127 Å². The van der Waals surface area contributed by atoms with E-state index in [0.29, 0.717) is 19.6 Å². The minimum absolute atomic E-state index is 0.256. The Morgan fingerprint density at radius 1 is 1.10 bits per heavy atom. The molecule has 0 rings (SSSR count). The monoisotopic (exact) mass is 297 g/mol. The van der Waals surface area contributed by atoms with Gasteiger partial charge < -0.3 is 14.2 Å². The van der Waals surface area contributed by atoms with E-state index in [2.05, 4.69) is 6.58 Å². The van der Waals surface area contributed by atoms with Crippen LogP contribution in [-0.2, 0) is 19.0 Å². The molecule has 0 unspecified atom stereocenters. The number of rotatable bonds is 12. The summed E-state index contributed by atoms with van der Waals surface area (Å²) in [5.74, 6) is -2.20. The fraction of sp³-hybridized carbons (Fsp3) is 0.750. The molecule has 0 saturated carbocycles. The second-order valence-electron chi connectivity index (χ2n) is 4.82. The molecule has 0 aliphatic rings. The number of carbonyl (C=O) groups excluding carboxylic acids is 1. The molecule has 0 N–H and O–H groups in total. The summed E-state index contributed by atoms with van der Waals surface area (Å²) in [6.07, 6.45) is 4.78. The van der Waals surface area contributed by atoms with Crippen molar-refractivity contribution in [3.8, 4) is 6.07 Å². The number of carbonyl (C=O) groups is 1. The number of esters is 1. The fourth-order valence-corrected chi connectivity index (χ4v) is 1.59.